The van der Waals surface area contributed by atoms with Crippen LogP contribution >= 0.6 is 0 Å². The fraction of sp³-hybridized carbons (Fsp3) is 0.167. The first kappa shape index (κ1) is 16.4. The van der Waals surface area contributed by atoms with Crippen LogP contribution < -0.4 is 18.9 Å². The van der Waals surface area contributed by atoms with Crippen molar-refractivity contribution in [2.24, 2.45) is 0 Å². The molecular weight excluding hydrogens is 296 g/mol. The Morgan fingerprint density at radius 3 is 1.83 bits per heavy atom. The van der Waals surface area contributed by atoms with Crippen LogP contribution in [0.15, 0.2) is 48.5 Å². The lowest BCUT2D eigenvalue weighted by atomic mass is 10.2. The zero-order chi connectivity index (χ0) is 16.7. The van der Waals surface area contributed by atoms with Crippen molar-refractivity contribution in [2.45, 2.75) is 0 Å². The molecule has 0 spiro atoms. The second-order valence-electron chi connectivity index (χ2n) is 4.58. The van der Waals surface area contributed by atoms with Crippen LogP contribution in [0.4, 0.5) is 0 Å². The summed E-state index contributed by atoms with van der Waals surface area (Å²) in [6.45, 7) is 0. The van der Waals surface area contributed by atoms with Crippen LogP contribution in [-0.2, 0) is 4.79 Å². The maximum atomic E-state index is 11.8. The van der Waals surface area contributed by atoms with Crippen molar-refractivity contribution in [3.8, 4) is 23.0 Å². The smallest absolute Gasteiger partial charge is 0.336 e. The van der Waals surface area contributed by atoms with E-state index in [9.17, 15) is 4.79 Å². The highest BCUT2D eigenvalue weighted by atomic mass is 16.5. The number of hydrogen-bond donors (Lipinski definition) is 0. The first-order valence-electron chi connectivity index (χ1n) is 6.91. The Bertz CT molecular complexity index is 667. The van der Waals surface area contributed by atoms with Gasteiger partial charge in [0.15, 0.2) is 0 Å². The highest BCUT2D eigenvalue weighted by molar-refractivity contribution is 5.88. The van der Waals surface area contributed by atoms with Gasteiger partial charge in [-0.15, -0.1) is 0 Å². The quantitative estimate of drug-likeness (QED) is 0.465. The van der Waals surface area contributed by atoms with Gasteiger partial charge in [-0.2, -0.15) is 0 Å². The summed E-state index contributed by atoms with van der Waals surface area (Å²) in [4.78, 5) is 11.8. The lowest BCUT2D eigenvalue weighted by Gasteiger charge is -2.06. The summed E-state index contributed by atoms with van der Waals surface area (Å²) in [6.07, 6.45) is 2.98. The molecule has 0 radical (unpaired) electrons. The fourth-order valence-corrected chi connectivity index (χ4v) is 1.88. The molecule has 2 aromatic carbocycles. The number of carbonyl (C=O) groups excluding carboxylic acids is 1. The number of methoxy groups -OCH3 is 3. The SMILES string of the molecule is COc1ccc(OC(=O)/C=C/c2cc(OC)cc(OC)c2)cc1. The second kappa shape index (κ2) is 7.89. The molecule has 120 valence electrons. The van der Waals surface area contributed by atoms with Gasteiger partial charge in [0.2, 0.25) is 0 Å². The van der Waals surface area contributed by atoms with Gasteiger partial charge in [-0.1, -0.05) is 0 Å². The molecule has 0 fully saturated rings. The number of hydrogen-bond acceptors (Lipinski definition) is 5. The minimum atomic E-state index is -0.475. The molecule has 5 heteroatoms. The molecule has 0 amide bonds. The van der Waals surface area contributed by atoms with E-state index in [1.807, 2.05) is 0 Å². The fourth-order valence-electron chi connectivity index (χ4n) is 1.88. The molecule has 0 atom stereocenters. The highest BCUT2D eigenvalue weighted by Crippen LogP contribution is 2.23. The average Bonchev–Trinajstić information content (AvgIpc) is 2.60. The van der Waals surface area contributed by atoms with E-state index in [-0.39, 0.29) is 0 Å². The largest absolute Gasteiger partial charge is 0.497 e. The van der Waals surface area contributed by atoms with Crippen LogP contribution in [0.2, 0.25) is 0 Å². The molecule has 0 heterocycles. The van der Waals surface area contributed by atoms with E-state index < -0.39 is 5.97 Å². The molecule has 0 aliphatic rings. The zero-order valence-corrected chi connectivity index (χ0v) is 13.2. The van der Waals surface area contributed by atoms with Crippen molar-refractivity contribution in [3.05, 3.63) is 54.1 Å². The van der Waals surface area contributed by atoms with E-state index in [0.29, 0.717) is 23.0 Å². The van der Waals surface area contributed by atoms with Crippen LogP contribution in [0.5, 0.6) is 23.0 Å². The van der Waals surface area contributed by atoms with Gasteiger partial charge in [0.05, 0.1) is 21.3 Å². The van der Waals surface area contributed by atoms with E-state index in [1.54, 1.807) is 69.9 Å². The van der Waals surface area contributed by atoms with Gasteiger partial charge in [0, 0.05) is 12.1 Å². The van der Waals surface area contributed by atoms with E-state index in [4.69, 9.17) is 18.9 Å². The Morgan fingerprint density at radius 2 is 1.30 bits per heavy atom. The van der Waals surface area contributed by atoms with Crippen molar-refractivity contribution >= 4 is 12.0 Å². The average molecular weight is 314 g/mol. The molecule has 0 aliphatic carbocycles. The second-order valence-corrected chi connectivity index (χ2v) is 4.58. The lowest BCUT2D eigenvalue weighted by molar-refractivity contribution is -0.128. The summed E-state index contributed by atoms with van der Waals surface area (Å²) >= 11 is 0. The number of carbonyl (C=O) groups is 1. The van der Waals surface area contributed by atoms with Gasteiger partial charge in [-0.25, -0.2) is 4.79 Å². The molecule has 0 aliphatic heterocycles. The maximum Gasteiger partial charge on any atom is 0.336 e. The molecule has 23 heavy (non-hydrogen) atoms. The van der Waals surface area contributed by atoms with Crippen LogP contribution in [0.1, 0.15) is 5.56 Å². The molecule has 0 saturated heterocycles. The minimum Gasteiger partial charge on any atom is -0.497 e. The van der Waals surface area contributed by atoms with E-state index in [0.717, 1.165) is 5.56 Å². The molecule has 2 aromatic rings. The van der Waals surface area contributed by atoms with Crippen molar-refractivity contribution in [1.82, 2.24) is 0 Å². The van der Waals surface area contributed by atoms with Crippen LogP contribution in [0, 0.1) is 0 Å². The Labute approximate surface area is 135 Å². The first-order chi connectivity index (χ1) is 11.1. The molecule has 2 rings (SSSR count). The zero-order valence-electron chi connectivity index (χ0n) is 13.2. The number of ether oxygens (including phenoxy) is 4. The number of esters is 1. The van der Waals surface area contributed by atoms with Gasteiger partial charge in [-0.05, 0) is 48.0 Å². The minimum absolute atomic E-state index is 0.448. The van der Waals surface area contributed by atoms with Crippen molar-refractivity contribution < 1.29 is 23.7 Å². The Hall–Kier alpha value is -2.95. The third-order valence-electron chi connectivity index (χ3n) is 3.06. The lowest BCUT2D eigenvalue weighted by Crippen LogP contribution is -2.03. The predicted molar refractivity (Wildman–Crippen MR) is 87.2 cm³/mol. The Balaban J connectivity index is 2.05. The summed E-state index contributed by atoms with van der Waals surface area (Å²) < 4.78 is 20.6. The van der Waals surface area contributed by atoms with Crippen molar-refractivity contribution in [3.63, 3.8) is 0 Å². The normalized spacial score (nSPS) is 10.4. The highest BCUT2D eigenvalue weighted by Gasteiger charge is 2.03. The molecule has 0 saturated carbocycles. The standard InChI is InChI=1S/C18H18O5/c1-20-14-5-7-15(8-6-14)23-18(19)9-4-13-10-16(21-2)12-17(11-13)22-3/h4-12H,1-3H3/b9-4+. The van der Waals surface area contributed by atoms with Crippen molar-refractivity contribution in [1.29, 1.82) is 0 Å². The summed E-state index contributed by atoms with van der Waals surface area (Å²) in [5.74, 6) is 1.96. The van der Waals surface area contributed by atoms with E-state index >= 15 is 0 Å². The molecular formula is C18H18O5. The maximum absolute atomic E-state index is 11.8. The van der Waals surface area contributed by atoms with Gasteiger partial charge < -0.3 is 18.9 Å². The molecule has 0 bridgehead atoms. The number of benzene rings is 2. The van der Waals surface area contributed by atoms with Gasteiger partial charge >= 0.3 is 5.97 Å². The van der Waals surface area contributed by atoms with Crippen molar-refractivity contribution in [2.75, 3.05) is 21.3 Å². The summed E-state index contributed by atoms with van der Waals surface area (Å²) in [5.41, 5.74) is 0.771. The molecule has 5 nitrogen and oxygen atoms in total. The summed E-state index contributed by atoms with van der Waals surface area (Å²) in [7, 11) is 4.71. The van der Waals surface area contributed by atoms with E-state index in [1.165, 1.54) is 6.08 Å². The van der Waals surface area contributed by atoms with Crippen LogP contribution in [0.25, 0.3) is 6.08 Å². The summed E-state index contributed by atoms with van der Waals surface area (Å²) in [6, 6.07) is 12.1. The van der Waals surface area contributed by atoms with Gasteiger partial charge in [0.25, 0.3) is 0 Å². The van der Waals surface area contributed by atoms with Crippen LogP contribution in [-0.4, -0.2) is 27.3 Å². The molecule has 0 aromatic heterocycles. The third-order valence-corrected chi connectivity index (χ3v) is 3.06. The molecule has 0 N–H and O–H groups in total. The summed E-state index contributed by atoms with van der Waals surface area (Å²) in [5, 5.41) is 0. The first-order valence-corrected chi connectivity index (χ1v) is 6.91. The number of rotatable bonds is 6. The topological polar surface area (TPSA) is 54.0 Å². The molecule has 0 unspecified atom stereocenters. The monoisotopic (exact) mass is 314 g/mol. The Morgan fingerprint density at radius 1 is 0.783 bits per heavy atom. The van der Waals surface area contributed by atoms with Gasteiger partial charge in [0.1, 0.15) is 23.0 Å². The van der Waals surface area contributed by atoms with E-state index in [2.05, 4.69) is 0 Å². The predicted octanol–water partition coefficient (Wildman–Crippen LogP) is 3.33. The third kappa shape index (κ3) is 4.78. The van der Waals surface area contributed by atoms with Gasteiger partial charge in [-0.3, -0.25) is 0 Å². The van der Waals surface area contributed by atoms with Crippen LogP contribution in [0.3, 0.4) is 0 Å². The Kier molecular flexibility index (Phi) is 5.63.